The van der Waals surface area contributed by atoms with Crippen LogP contribution in [0.25, 0.3) is 0 Å². The summed E-state index contributed by atoms with van der Waals surface area (Å²) in [4.78, 5) is 49.5. The molecule has 0 aliphatic heterocycles. The van der Waals surface area contributed by atoms with E-state index in [0.29, 0.717) is 48.7 Å². The Hall–Kier alpha value is -3.68. The lowest BCUT2D eigenvalue weighted by Gasteiger charge is -2.10. The van der Waals surface area contributed by atoms with Crippen LogP contribution in [0.1, 0.15) is 224 Å². The van der Waals surface area contributed by atoms with E-state index in [1.165, 1.54) is 77.0 Å². The van der Waals surface area contributed by atoms with Gasteiger partial charge in [-0.05, 0) is 61.8 Å². The fraction of sp³-hybridized carbons (Fsp3) is 0.680. The Kier molecular flexibility index (Phi) is 31.8. The molecule has 0 aliphatic carbocycles. The van der Waals surface area contributed by atoms with Crippen LogP contribution < -0.4 is 0 Å². The molecule has 58 heavy (non-hydrogen) atoms. The highest BCUT2D eigenvalue weighted by molar-refractivity contribution is 6.03. The summed E-state index contributed by atoms with van der Waals surface area (Å²) < 4.78 is 21.5. The van der Waals surface area contributed by atoms with Gasteiger partial charge in [0, 0.05) is 0 Å². The lowest BCUT2D eigenvalue weighted by Crippen LogP contribution is -2.15. The van der Waals surface area contributed by atoms with E-state index >= 15 is 0 Å². The van der Waals surface area contributed by atoms with E-state index in [9.17, 15) is 19.2 Å². The van der Waals surface area contributed by atoms with Crippen LogP contribution >= 0.6 is 0 Å². The first-order valence-corrected chi connectivity index (χ1v) is 23.0. The minimum absolute atomic E-state index is 0.291. The predicted molar refractivity (Wildman–Crippen MR) is 237 cm³/mol. The van der Waals surface area contributed by atoms with Gasteiger partial charge in [-0.3, -0.25) is 0 Å². The Labute approximate surface area is 352 Å². The summed E-state index contributed by atoms with van der Waals surface area (Å²) in [6.45, 7) is 14.9. The maximum Gasteiger partial charge on any atom is 0.339 e. The highest BCUT2D eigenvalue weighted by Gasteiger charge is 2.20. The molecule has 2 aromatic carbocycles. The van der Waals surface area contributed by atoms with Crippen LogP contribution in [0.15, 0.2) is 48.5 Å². The Morgan fingerprint density at radius 2 is 0.586 bits per heavy atom. The van der Waals surface area contributed by atoms with E-state index in [1.807, 2.05) is 0 Å². The van der Waals surface area contributed by atoms with Gasteiger partial charge in [0.05, 0.1) is 48.7 Å². The summed E-state index contributed by atoms with van der Waals surface area (Å²) in [6.07, 6.45) is 24.7. The summed E-state index contributed by atoms with van der Waals surface area (Å²) in [5, 5.41) is 0. The molecule has 0 radical (unpaired) electrons. The van der Waals surface area contributed by atoms with E-state index in [1.54, 1.807) is 48.5 Å². The summed E-state index contributed by atoms with van der Waals surface area (Å²) >= 11 is 0. The van der Waals surface area contributed by atoms with Crippen molar-refractivity contribution in [1.82, 2.24) is 0 Å². The number of benzene rings is 2. The van der Waals surface area contributed by atoms with Gasteiger partial charge in [-0.2, -0.15) is 0 Å². The van der Waals surface area contributed by atoms with E-state index < -0.39 is 23.9 Å². The largest absolute Gasteiger partial charge is 0.462 e. The molecule has 328 valence electrons. The van der Waals surface area contributed by atoms with Gasteiger partial charge in [-0.25, -0.2) is 19.2 Å². The normalized spacial score (nSPS) is 10.9. The van der Waals surface area contributed by atoms with Gasteiger partial charge >= 0.3 is 23.9 Å². The third-order valence-electron chi connectivity index (χ3n) is 10.0. The van der Waals surface area contributed by atoms with Crippen molar-refractivity contribution in [2.24, 2.45) is 11.8 Å². The number of ether oxygens (including phenoxy) is 4. The number of carbonyl (C=O) groups is 4. The molecule has 8 nitrogen and oxygen atoms in total. The van der Waals surface area contributed by atoms with Crippen LogP contribution in [0, 0.1) is 11.8 Å². The lowest BCUT2D eigenvalue weighted by atomic mass is 10.0. The van der Waals surface area contributed by atoms with Crippen molar-refractivity contribution < 1.29 is 38.1 Å². The van der Waals surface area contributed by atoms with Gasteiger partial charge in [0.15, 0.2) is 0 Å². The molecule has 0 heterocycles. The SMILES string of the molecule is CC(C)CCCCCCOC(=O)c1ccccc1C(=O)OCCCCCCC(C)C.CCCCCCCCOC(=O)c1ccccc1C(=O)OCCCCCCCC. The van der Waals surface area contributed by atoms with Gasteiger partial charge in [0.1, 0.15) is 0 Å². The van der Waals surface area contributed by atoms with Crippen molar-refractivity contribution in [3.63, 3.8) is 0 Å². The molecule has 0 N–H and O–H groups in total. The van der Waals surface area contributed by atoms with E-state index in [0.717, 1.165) is 76.0 Å². The minimum Gasteiger partial charge on any atom is -0.462 e. The van der Waals surface area contributed by atoms with Crippen molar-refractivity contribution in [2.45, 2.75) is 183 Å². The van der Waals surface area contributed by atoms with Gasteiger partial charge < -0.3 is 18.9 Å². The molecule has 0 atom stereocenters. The maximum atomic E-state index is 12.4. The van der Waals surface area contributed by atoms with E-state index in [4.69, 9.17) is 18.9 Å². The Balaban J connectivity index is 0.000000581. The van der Waals surface area contributed by atoms with Crippen molar-refractivity contribution in [3.8, 4) is 0 Å². The zero-order valence-electron chi connectivity index (χ0n) is 37.4. The molecule has 0 unspecified atom stereocenters. The van der Waals surface area contributed by atoms with Gasteiger partial charge in [0.2, 0.25) is 0 Å². The molecule has 0 saturated heterocycles. The Bertz CT molecular complexity index is 1260. The second-order valence-electron chi connectivity index (χ2n) is 16.4. The fourth-order valence-electron chi connectivity index (χ4n) is 6.43. The second-order valence-corrected chi connectivity index (χ2v) is 16.4. The molecular formula is C50H80O8. The molecule has 0 bridgehead atoms. The molecule has 0 spiro atoms. The number of esters is 4. The van der Waals surface area contributed by atoms with Gasteiger partial charge in [-0.1, -0.05) is 181 Å². The first kappa shape index (κ1) is 52.3. The van der Waals surface area contributed by atoms with E-state index in [2.05, 4.69) is 41.5 Å². The first-order valence-electron chi connectivity index (χ1n) is 23.0. The average Bonchev–Trinajstić information content (AvgIpc) is 3.22. The number of hydrogen-bond donors (Lipinski definition) is 0. The molecule has 2 rings (SSSR count). The summed E-state index contributed by atoms with van der Waals surface area (Å²) in [7, 11) is 0. The highest BCUT2D eigenvalue weighted by atomic mass is 16.5. The smallest absolute Gasteiger partial charge is 0.339 e. The quantitative estimate of drug-likeness (QED) is 0.0409. The zero-order chi connectivity index (χ0) is 42.6. The molecule has 0 aromatic heterocycles. The van der Waals surface area contributed by atoms with Crippen LogP contribution in [-0.2, 0) is 18.9 Å². The summed E-state index contributed by atoms with van der Waals surface area (Å²) in [6, 6.07) is 13.5. The monoisotopic (exact) mass is 809 g/mol. The topological polar surface area (TPSA) is 105 Å². The Morgan fingerprint density at radius 3 is 0.828 bits per heavy atom. The van der Waals surface area contributed by atoms with Crippen LogP contribution in [0.2, 0.25) is 0 Å². The number of carbonyl (C=O) groups excluding carboxylic acids is 4. The number of rotatable bonds is 32. The third kappa shape index (κ3) is 26.3. The average molecular weight is 809 g/mol. The van der Waals surface area contributed by atoms with Crippen LogP contribution in [-0.4, -0.2) is 50.3 Å². The molecule has 2 aromatic rings. The number of hydrogen-bond acceptors (Lipinski definition) is 8. The van der Waals surface area contributed by atoms with E-state index in [-0.39, 0.29) is 0 Å². The molecule has 8 heteroatoms. The van der Waals surface area contributed by atoms with Gasteiger partial charge in [-0.15, -0.1) is 0 Å². The minimum atomic E-state index is -0.446. The Morgan fingerprint density at radius 1 is 0.362 bits per heavy atom. The van der Waals surface area contributed by atoms with Gasteiger partial charge in [0.25, 0.3) is 0 Å². The lowest BCUT2D eigenvalue weighted by molar-refractivity contribution is 0.0450. The predicted octanol–water partition coefficient (Wildman–Crippen LogP) is 13.9. The van der Waals surface area contributed by atoms with Crippen molar-refractivity contribution in [1.29, 1.82) is 0 Å². The first-order chi connectivity index (χ1) is 28.1. The van der Waals surface area contributed by atoms with Crippen LogP contribution in [0.3, 0.4) is 0 Å². The fourth-order valence-corrected chi connectivity index (χ4v) is 6.43. The standard InChI is InChI=1S/C26H42O4.C24H38O4/c1-21(2)15-9-5-7-13-19-29-25(27)23-17-11-12-18-24(23)26(28)30-20-14-8-6-10-16-22(3)4;1-3-5-7-9-11-15-19-27-23(25)21-17-13-14-18-22(21)24(26)28-20-16-12-10-8-6-4-2/h11-12,17-18,21-22H,5-10,13-16,19-20H2,1-4H3;13-14,17-18H,3-12,15-16,19-20H2,1-2H3. The van der Waals surface area contributed by atoms with Crippen molar-refractivity contribution in [2.75, 3.05) is 26.4 Å². The highest BCUT2D eigenvalue weighted by Crippen LogP contribution is 2.16. The molecule has 0 amide bonds. The van der Waals surface area contributed by atoms with Crippen molar-refractivity contribution in [3.05, 3.63) is 70.8 Å². The second kappa shape index (κ2) is 35.3. The third-order valence-corrected chi connectivity index (χ3v) is 10.0. The zero-order valence-corrected chi connectivity index (χ0v) is 37.4. The van der Waals surface area contributed by atoms with Crippen molar-refractivity contribution >= 4 is 23.9 Å². The molecule has 0 aliphatic rings. The molecule has 0 fully saturated rings. The maximum absolute atomic E-state index is 12.4. The van der Waals surface area contributed by atoms with Crippen LogP contribution in [0.4, 0.5) is 0 Å². The summed E-state index contributed by atoms with van der Waals surface area (Å²) in [5.41, 5.74) is 1.17. The summed E-state index contributed by atoms with van der Waals surface area (Å²) in [5.74, 6) is -0.300. The molecular weight excluding hydrogens is 729 g/mol. The molecule has 0 saturated carbocycles. The van der Waals surface area contributed by atoms with Crippen LogP contribution in [0.5, 0.6) is 0 Å². The number of unbranched alkanes of at least 4 members (excludes halogenated alkanes) is 16.